The molecule has 0 aliphatic carbocycles. The Morgan fingerprint density at radius 3 is 1.07 bits per heavy atom. The predicted molar refractivity (Wildman–Crippen MR) is 90.3 cm³/mol. The highest BCUT2D eigenvalue weighted by molar-refractivity contribution is 6.28. The van der Waals surface area contributed by atoms with E-state index in [1.165, 1.54) is 36.4 Å². The summed E-state index contributed by atoms with van der Waals surface area (Å²) in [5.74, 6) is -8.03. The van der Waals surface area contributed by atoms with Gasteiger partial charge in [0.2, 0.25) is 11.6 Å². The van der Waals surface area contributed by atoms with Crippen molar-refractivity contribution < 1.29 is 45.1 Å². The van der Waals surface area contributed by atoms with Gasteiger partial charge in [0, 0.05) is 11.1 Å². The van der Waals surface area contributed by atoms with E-state index >= 15 is 0 Å². The zero-order valence-electron chi connectivity index (χ0n) is 13.7. The number of carbonyl (C=O) groups excluding carboxylic acids is 2. The summed E-state index contributed by atoms with van der Waals surface area (Å²) >= 11 is 0. The second kappa shape index (κ2) is 7.87. The van der Waals surface area contributed by atoms with Crippen molar-refractivity contribution in [2.75, 3.05) is 0 Å². The highest BCUT2D eigenvalue weighted by atomic mass is 16.5. The Kier molecular flexibility index (Phi) is 6.31. The lowest BCUT2D eigenvalue weighted by molar-refractivity contribution is -0.187. The SMILES string of the molecule is O.O=C(O)[C@](O)(C(=O)c1ccccc1)[C@](O)(C(=O)O)C(=O)c1ccccc1. The van der Waals surface area contributed by atoms with Crippen LogP contribution in [0.25, 0.3) is 0 Å². The maximum atomic E-state index is 12.6. The molecule has 0 bridgehead atoms. The molecule has 9 nitrogen and oxygen atoms in total. The molecule has 0 radical (unpaired) electrons. The van der Waals surface area contributed by atoms with Crippen molar-refractivity contribution in [1.29, 1.82) is 0 Å². The van der Waals surface area contributed by atoms with Gasteiger partial charge in [-0.25, -0.2) is 9.59 Å². The van der Waals surface area contributed by atoms with Crippen molar-refractivity contribution in [3.8, 4) is 0 Å². The summed E-state index contributed by atoms with van der Waals surface area (Å²) in [5.41, 5.74) is -8.68. The fourth-order valence-electron chi connectivity index (χ4n) is 2.43. The molecule has 2 rings (SSSR count). The van der Waals surface area contributed by atoms with Crippen molar-refractivity contribution in [3.05, 3.63) is 71.8 Å². The average Bonchev–Trinajstić information content (AvgIpc) is 2.66. The van der Waals surface area contributed by atoms with Crippen LogP contribution in [-0.2, 0) is 9.59 Å². The minimum atomic E-state index is -3.95. The lowest BCUT2D eigenvalue weighted by Crippen LogP contribution is -2.71. The minimum Gasteiger partial charge on any atom is -0.479 e. The van der Waals surface area contributed by atoms with Gasteiger partial charge in [-0.05, 0) is 0 Å². The van der Waals surface area contributed by atoms with E-state index in [1.807, 2.05) is 0 Å². The summed E-state index contributed by atoms with van der Waals surface area (Å²) in [6.07, 6.45) is 0. The Morgan fingerprint density at radius 2 is 0.852 bits per heavy atom. The molecule has 0 saturated heterocycles. The minimum absolute atomic E-state index is 0. The Hall–Kier alpha value is -3.40. The second-order valence-electron chi connectivity index (χ2n) is 5.42. The van der Waals surface area contributed by atoms with Crippen molar-refractivity contribution in [3.63, 3.8) is 0 Å². The third-order valence-electron chi connectivity index (χ3n) is 3.87. The molecule has 0 aliphatic rings. The van der Waals surface area contributed by atoms with Gasteiger partial charge in [-0.2, -0.15) is 0 Å². The number of carboxylic acids is 2. The van der Waals surface area contributed by atoms with Gasteiger partial charge in [-0.3, -0.25) is 9.59 Å². The molecule has 0 fully saturated rings. The smallest absolute Gasteiger partial charge is 0.348 e. The number of aliphatic hydroxyl groups is 2. The van der Waals surface area contributed by atoms with Crippen molar-refractivity contribution in [2.45, 2.75) is 11.2 Å². The molecule has 0 amide bonds. The maximum Gasteiger partial charge on any atom is 0.348 e. The van der Waals surface area contributed by atoms with E-state index in [-0.39, 0.29) is 5.48 Å². The number of carbonyl (C=O) groups is 4. The fourth-order valence-corrected chi connectivity index (χ4v) is 2.43. The molecule has 142 valence electrons. The van der Waals surface area contributed by atoms with Crippen LogP contribution in [0.5, 0.6) is 0 Å². The van der Waals surface area contributed by atoms with Gasteiger partial charge in [0.25, 0.3) is 11.2 Å². The van der Waals surface area contributed by atoms with Crippen molar-refractivity contribution >= 4 is 23.5 Å². The third-order valence-corrected chi connectivity index (χ3v) is 3.87. The predicted octanol–water partition coefficient (Wildman–Crippen LogP) is -0.441. The first-order chi connectivity index (χ1) is 12.2. The fraction of sp³-hybridized carbons (Fsp3) is 0.111. The Labute approximate surface area is 152 Å². The Bertz CT molecular complexity index is 789. The number of hydrogen-bond donors (Lipinski definition) is 4. The molecule has 0 aliphatic heterocycles. The number of ketones is 2. The van der Waals surface area contributed by atoms with E-state index in [4.69, 9.17) is 0 Å². The van der Waals surface area contributed by atoms with E-state index in [0.717, 1.165) is 24.3 Å². The van der Waals surface area contributed by atoms with Crippen LogP contribution in [0.2, 0.25) is 0 Å². The van der Waals surface area contributed by atoms with Crippen LogP contribution in [0.15, 0.2) is 60.7 Å². The van der Waals surface area contributed by atoms with Crippen LogP contribution in [0.4, 0.5) is 0 Å². The molecule has 0 aromatic heterocycles. The van der Waals surface area contributed by atoms with Gasteiger partial charge in [0.15, 0.2) is 0 Å². The first-order valence-electron chi connectivity index (χ1n) is 7.28. The lowest BCUT2D eigenvalue weighted by Gasteiger charge is -2.34. The summed E-state index contributed by atoms with van der Waals surface area (Å²) in [6, 6.07) is 12.8. The monoisotopic (exact) mass is 376 g/mol. The molecule has 2 aromatic carbocycles. The number of aliphatic carboxylic acids is 2. The van der Waals surface area contributed by atoms with E-state index < -0.39 is 45.8 Å². The highest BCUT2D eigenvalue weighted by Gasteiger charge is 2.69. The number of benzene rings is 2. The largest absolute Gasteiger partial charge is 0.479 e. The first kappa shape index (κ1) is 21.6. The van der Waals surface area contributed by atoms with Crippen molar-refractivity contribution in [2.24, 2.45) is 0 Å². The number of Topliss-reactive ketones (excluding diaryl/α,β-unsaturated/α-hetero) is 2. The quantitative estimate of drug-likeness (QED) is 0.370. The molecular weight excluding hydrogens is 360 g/mol. The van der Waals surface area contributed by atoms with E-state index in [2.05, 4.69) is 0 Å². The molecule has 6 N–H and O–H groups in total. The van der Waals surface area contributed by atoms with Gasteiger partial charge in [0.05, 0.1) is 0 Å². The van der Waals surface area contributed by atoms with Crippen LogP contribution in [0.1, 0.15) is 20.7 Å². The van der Waals surface area contributed by atoms with E-state index in [1.54, 1.807) is 0 Å². The number of carboxylic acid groups (broad SMARTS) is 2. The van der Waals surface area contributed by atoms with Gasteiger partial charge in [-0.1, -0.05) is 60.7 Å². The topological polar surface area (TPSA) is 181 Å². The van der Waals surface area contributed by atoms with Crippen molar-refractivity contribution in [1.82, 2.24) is 0 Å². The molecule has 27 heavy (non-hydrogen) atoms. The summed E-state index contributed by atoms with van der Waals surface area (Å²) < 4.78 is 0. The van der Waals surface area contributed by atoms with Crippen LogP contribution < -0.4 is 0 Å². The normalized spacial score (nSPS) is 14.7. The summed E-state index contributed by atoms with van der Waals surface area (Å²) in [7, 11) is 0. The van der Waals surface area contributed by atoms with Crippen LogP contribution in [-0.4, -0.2) is 60.6 Å². The van der Waals surface area contributed by atoms with Crippen LogP contribution in [0.3, 0.4) is 0 Å². The number of hydrogen-bond acceptors (Lipinski definition) is 6. The maximum absolute atomic E-state index is 12.6. The average molecular weight is 376 g/mol. The first-order valence-corrected chi connectivity index (χ1v) is 7.28. The lowest BCUT2D eigenvalue weighted by atomic mass is 9.73. The van der Waals surface area contributed by atoms with Gasteiger partial charge in [-0.15, -0.1) is 0 Å². The summed E-state index contributed by atoms with van der Waals surface area (Å²) in [6.45, 7) is 0. The molecule has 9 heteroatoms. The van der Waals surface area contributed by atoms with E-state index in [9.17, 15) is 39.6 Å². The van der Waals surface area contributed by atoms with Crippen LogP contribution >= 0.6 is 0 Å². The molecular formula is C18H16O9. The second-order valence-corrected chi connectivity index (χ2v) is 5.42. The highest BCUT2D eigenvalue weighted by Crippen LogP contribution is 2.31. The standard InChI is InChI=1S/C18H14O8.H2O/c19-13(11-7-3-1-4-8-11)17(25,15(21)22)18(26,16(23)24)14(20)12-9-5-2-6-10-12;/h1-10,25-26H,(H,21,22)(H,23,24);1H2/t17-,18-;/m1./s1. The summed E-state index contributed by atoms with van der Waals surface area (Å²) in [4.78, 5) is 48.5. The zero-order chi connectivity index (χ0) is 19.5. The number of rotatable bonds is 7. The molecule has 0 heterocycles. The summed E-state index contributed by atoms with van der Waals surface area (Å²) in [5, 5.41) is 39.9. The molecule has 0 unspecified atom stereocenters. The Morgan fingerprint density at radius 1 is 0.593 bits per heavy atom. The molecule has 2 atom stereocenters. The van der Waals surface area contributed by atoms with Gasteiger partial charge < -0.3 is 25.9 Å². The molecule has 0 spiro atoms. The van der Waals surface area contributed by atoms with E-state index in [0.29, 0.717) is 0 Å². The zero-order valence-corrected chi connectivity index (χ0v) is 13.7. The third kappa shape index (κ3) is 3.34. The molecule has 2 aromatic rings. The van der Waals surface area contributed by atoms with Gasteiger partial charge in [0.1, 0.15) is 0 Å². The Balaban J connectivity index is 0.00000364. The molecule has 0 saturated carbocycles. The van der Waals surface area contributed by atoms with Gasteiger partial charge >= 0.3 is 11.9 Å². The van der Waals surface area contributed by atoms with Crippen LogP contribution in [0, 0.1) is 0 Å².